The average molecular weight is 398 g/mol. The lowest BCUT2D eigenvalue weighted by Gasteiger charge is -2.18. The first kappa shape index (κ1) is 21.9. The Labute approximate surface area is 170 Å². The van der Waals surface area contributed by atoms with Crippen LogP contribution in [0.3, 0.4) is 0 Å². The van der Waals surface area contributed by atoms with Crippen LogP contribution in [0.25, 0.3) is 0 Å². The van der Waals surface area contributed by atoms with E-state index in [-0.39, 0.29) is 12.3 Å². The van der Waals surface area contributed by atoms with Crippen LogP contribution >= 0.6 is 0 Å². The molecule has 0 aliphatic carbocycles. The van der Waals surface area contributed by atoms with Gasteiger partial charge >= 0.3 is 5.97 Å². The van der Waals surface area contributed by atoms with E-state index in [2.05, 4.69) is 10.6 Å². The predicted molar refractivity (Wildman–Crippen MR) is 110 cm³/mol. The lowest BCUT2D eigenvalue weighted by atomic mass is 10.0. The van der Waals surface area contributed by atoms with Gasteiger partial charge in [0.1, 0.15) is 5.75 Å². The summed E-state index contributed by atoms with van der Waals surface area (Å²) in [6, 6.07) is 12.3. The van der Waals surface area contributed by atoms with Crippen LogP contribution in [0.5, 0.6) is 5.75 Å². The Balaban J connectivity index is 1.94. The maximum Gasteiger partial charge on any atom is 0.308 e. The monoisotopic (exact) mass is 398 g/mol. The van der Waals surface area contributed by atoms with Gasteiger partial charge in [-0.25, -0.2) is 0 Å². The maximum absolute atomic E-state index is 12.2. The minimum atomic E-state index is -0.587. The fourth-order valence-corrected chi connectivity index (χ4v) is 2.77. The fourth-order valence-electron chi connectivity index (χ4n) is 2.77. The predicted octanol–water partition coefficient (Wildman–Crippen LogP) is 3.06. The Morgan fingerprint density at radius 3 is 2.28 bits per heavy atom. The molecule has 7 heteroatoms. The summed E-state index contributed by atoms with van der Waals surface area (Å²) in [6.45, 7) is 4.79. The highest BCUT2D eigenvalue weighted by atomic mass is 16.5. The summed E-state index contributed by atoms with van der Waals surface area (Å²) in [4.78, 5) is 35.9. The first-order valence-corrected chi connectivity index (χ1v) is 9.22. The van der Waals surface area contributed by atoms with Crippen molar-refractivity contribution in [1.29, 1.82) is 0 Å². The van der Waals surface area contributed by atoms with Crippen LogP contribution in [-0.4, -0.2) is 31.5 Å². The van der Waals surface area contributed by atoms with Gasteiger partial charge in [0.15, 0.2) is 6.61 Å². The average Bonchev–Trinajstić information content (AvgIpc) is 2.66. The number of carbonyl (C=O) groups is 3. The first-order valence-electron chi connectivity index (χ1n) is 9.22. The van der Waals surface area contributed by atoms with Crippen molar-refractivity contribution in [2.45, 2.75) is 33.2 Å². The lowest BCUT2D eigenvalue weighted by molar-refractivity contribution is -0.148. The lowest BCUT2D eigenvalue weighted by Crippen LogP contribution is -2.29. The van der Waals surface area contributed by atoms with Crippen molar-refractivity contribution in [2.24, 2.45) is 0 Å². The van der Waals surface area contributed by atoms with E-state index in [9.17, 15) is 14.4 Å². The van der Waals surface area contributed by atoms with Crippen molar-refractivity contribution < 1.29 is 23.9 Å². The van der Waals surface area contributed by atoms with Crippen molar-refractivity contribution in [3.05, 3.63) is 59.2 Å². The normalized spacial score (nSPS) is 11.3. The van der Waals surface area contributed by atoms with Crippen LogP contribution in [0.4, 0.5) is 5.69 Å². The zero-order valence-electron chi connectivity index (χ0n) is 17.1. The Kier molecular flexibility index (Phi) is 7.77. The van der Waals surface area contributed by atoms with E-state index in [0.717, 1.165) is 16.7 Å². The number of methoxy groups -OCH3 is 1. The highest BCUT2D eigenvalue weighted by molar-refractivity contribution is 5.94. The van der Waals surface area contributed by atoms with Crippen molar-refractivity contribution >= 4 is 23.5 Å². The molecule has 1 unspecified atom stereocenters. The zero-order chi connectivity index (χ0) is 21.4. The molecule has 29 heavy (non-hydrogen) atoms. The third-order valence-electron chi connectivity index (χ3n) is 4.22. The Bertz CT molecular complexity index is 877. The van der Waals surface area contributed by atoms with Crippen LogP contribution in [0.1, 0.15) is 36.1 Å². The molecular weight excluding hydrogens is 372 g/mol. The van der Waals surface area contributed by atoms with Gasteiger partial charge in [0.25, 0.3) is 5.91 Å². The Morgan fingerprint density at radius 2 is 1.66 bits per heavy atom. The van der Waals surface area contributed by atoms with Gasteiger partial charge in [-0.1, -0.05) is 35.9 Å². The van der Waals surface area contributed by atoms with Crippen LogP contribution in [0.15, 0.2) is 42.5 Å². The van der Waals surface area contributed by atoms with E-state index in [4.69, 9.17) is 9.47 Å². The number of anilines is 1. The molecule has 0 bridgehead atoms. The van der Waals surface area contributed by atoms with E-state index in [1.165, 1.54) is 14.0 Å². The number of hydrogen-bond acceptors (Lipinski definition) is 5. The van der Waals surface area contributed by atoms with E-state index < -0.39 is 24.5 Å². The fraction of sp³-hybridized carbons (Fsp3) is 0.318. The molecule has 0 heterocycles. The number of hydrogen-bond donors (Lipinski definition) is 2. The molecule has 2 amide bonds. The molecule has 0 spiro atoms. The standard InChI is InChI=1S/C22H26N2O5/c1-14-5-8-17(9-6-14)18(23-16(3)25)12-22(27)29-13-21(26)24-19-11-15(2)7-10-20(19)28-4/h5-11,18H,12-13H2,1-4H3,(H,23,25)(H,24,26). The number of nitrogens with one attached hydrogen (secondary N) is 2. The van der Waals surface area contributed by atoms with Gasteiger partial charge in [-0.15, -0.1) is 0 Å². The summed E-state index contributed by atoms with van der Waals surface area (Å²) < 4.78 is 10.3. The second kappa shape index (κ2) is 10.3. The summed E-state index contributed by atoms with van der Waals surface area (Å²) in [7, 11) is 1.51. The molecule has 0 aliphatic heterocycles. The molecule has 2 aromatic carbocycles. The number of aryl methyl sites for hydroxylation is 2. The number of benzene rings is 2. The largest absolute Gasteiger partial charge is 0.495 e. The summed E-state index contributed by atoms with van der Waals surface area (Å²) in [5.74, 6) is -0.808. The third-order valence-corrected chi connectivity index (χ3v) is 4.22. The quantitative estimate of drug-likeness (QED) is 0.667. The number of ether oxygens (including phenoxy) is 2. The first-order chi connectivity index (χ1) is 13.8. The molecule has 0 saturated heterocycles. The van der Waals surface area contributed by atoms with Gasteiger partial charge < -0.3 is 20.1 Å². The second-order valence-electron chi connectivity index (χ2n) is 6.78. The van der Waals surface area contributed by atoms with E-state index in [1.54, 1.807) is 12.1 Å². The van der Waals surface area contributed by atoms with E-state index in [1.807, 2.05) is 44.2 Å². The summed E-state index contributed by atoms with van der Waals surface area (Å²) in [6.07, 6.45) is -0.0797. The summed E-state index contributed by atoms with van der Waals surface area (Å²) >= 11 is 0. The summed E-state index contributed by atoms with van der Waals surface area (Å²) in [5, 5.41) is 5.41. The van der Waals surface area contributed by atoms with Crippen molar-refractivity contribution in [3.63, 3.8) is 0 Å². The van der Waals surface area contributed by atoms with Crippen molar-refractivity contribution in [3.8, 4) is 5.75 Å². The molecule has 0 aliphatic rings. The van der Waals surface area contributed by atoms with Crippen LogP contribution in [0, 0.1) is 13.8 Å². The number of esters is 1. The molecule has 0 saturated carbocycles. The molecule has 154 valence electrons. The van der Waals surface area contributed by atoms with Gasteiger partial charge in [-0.05, 0) is 37.1 Å². The number of amides is 2. The van der Waals surface area contributed by atoms with E-state index >= 15 is 0 Å². The highest BCUT2D eigenvalue weighted by Crippen LogP contribution is 2.25. The number of carbonyl (C=O) groups excluding carboxylic acids is 3. The van der Waals surface area contributed by atoms with Crippen LogP contribution in [0.2, 0.25) is 0 Å². The van der Waals surface area contributed by atoms with Crippen molar-refractivity contribution in [1.82, 2.24) is 5.32 Å². The SMILES string of the molecule is COc1ccc(C)cc1NC(=O)COC(=O)CC(NC(C)=O)c1ccc(C)cc1. The van der Waals surface area contributed by atoms with Crippen molar-refractivity contribution in [2.75, 3.05) is 19.0 Å². The topological polar surface area (TPSA) is 93.7 Å². The highest BCUT2D eigenvalue weighted by Gasteiger charge is 2.19. The Morgan fingerprint density at radius 1 is 1.00 bits per heavy atom. The molecule has 2 rings (SSSR count). The maximum atomic E-state index is 12.2. The molecule has 0 radical (unpaired) electrons. The molecule has 0 aromatic heterocycles. The van der Waals surface area contributed by atoms with Gasteiger partial charge in [0.2, 0.25) is 5.91 Å². The number of rotatable bonds is 8. The smallest absolute Gasteiger partial charge is 0.308 e. The van der Waals surface area contributed by atoms with Gasteiger partial charge in [0.05, 0.1) is 25.3 Å². The molecule has 7 nitrogen and oxygen atoms in total. The van der Waals surface area contributed by atoms with Gasteiger partial charge in [0, 0.05) is 6.92 Å². The molecular formula is C22H26N2O5. The van der Waals surface area contributed by atoms with Crippen LogP contribution in [-0.2, 0) is 19.1 Å². The third kappa shape index (κ3) is 6.95. The Hall–Kier alpha value is -3.35. The zero-order valence-corrected chi connectivity index (χ0v) is 17.1. The van der Waals surface area contributed by atoms with Gasteiger partial charge in [-0.2, -0.15) is 0 Å². The minimum absolute atomic E-state index is 0.0797. The summed E-state index contributed by atoms with van der Waals surface area (Å²) in [5.41, 5.74) is 3.32. The molecule has 2 N–H and O–H groups in total. The molecule has 1 atom stereocenters. The van der Waals surface area contributed by atoms with Gasteiger partial charge in [-0.3, -0.25) is 14.4 Å². The van der Waals surface area contributed by atoms with E-state index in [0.29, 0.717) is 11.4 Å². The van der Waals surface area contributed by atoms with Crippen LogP contribution < -0.4 is 15.4 Å². The second-order valence-corrected chi connectivity index (χ2v) is 6.78. The molecule has 2 aromatic rings. The minimum Gasteiger partial charge on any atom is -0.495 e. The molecule has 0 fully saturated rings.